The average molecular weight is 227 g/mol. The van der Waals surface area contributed by atoms with Crippen molar-refractivity contribution in [2.45, 2.75) is 58.4 Å². The third-order valence-corrected chi connectivity index (χ3v) is 4.07. The van der Waals surface area contributed by atoms with Gasteiger partial charge in [0.1, 0.15) is 0 Å². The summed E-state index contributed by atoms with van der Waals surface area (Å²) in [5, 5.41) is 3.65. The summed E-state index contributed by atoms with van der Waals surface area (Å²) in [6, 6.07) is 0.680. The Labute approximate surface area is 101 Å². The van der Waals surface area contributed by atoms with Crippen molar-refractivity contribution in [1.29, 1.82) is 0 Å². The SMILES string of the molecule is CCNC(CCOC)C1CCCC(CC)C1. The van der Waals surface area contributed by atoms with E-state index < -0.39 is 0 Å². The van der Waals surface area contributed by atoms with Crippen molar-refractivity contribution in [1.82, 2.24) is 5.32 Å². The normalized spacial score (nSPS) is 27.9. The van der Waals surface area contributed by atoms with Gasteiger partial charge in [0.2, 0.25) is 0 Å². The molecule has 3 atom stereocenters. The molecule has 96 valence electrons. The molecule has 0 aromatic rings. The summed E-state index contributed by atoms with van der Waals surface area (Å²) in [5.74, 6) is 1.86. The highest BCUT2D eigenvalue weighted by atomic mass is 16.5. The van der Waals surface area contributed by atoms with Gasteiger partial charge in [-0.25, -0.2) is 0 Å². The molecule has 1 N–H and O–H groups in total. The first-order valence-electron chi connectivity index (χ1n) is 7.04. The Morgan fingerprint density at radius 1 is 1.31 bits per heavy atom. The third-order valence-electron chi connectivity index (χ3n) is 4.07. The number of hydrogen-bond donors (Lipinski definition) is 1. The zero-order valence-corrected chi connectivity index (χ0v) is 11.3. The molecule has 1 fully saturated rings. The monoisotopic (exact) mass is 227 g/mol. The molecule has 0 heterocycles. The van der Waals surface area contributed by atoms with Gasteiger partial charge in [-0.15, -0.1) is 0 Å². The quantitative estimate of drug-likeness (QED) is 0.721. The molecule has 0 aromatic carbocycles. The Morgan fingerprint density at radius 3 is 2.75 bits per heavy atom. The molecule has 0 bridgehead atoms. The van der Waals surface area contributed by atoms with Crippen molar-refractivity contribution in [3.63, 3.8) is 0 Å². The molecule has 0 saturated heterocycles. The molecule has 0 amide bonds. The Hall–Kier alpha value is -0.0800. The van der Waals surface area contributed by atoms with E-state index in [0.717, 1.165) is 25.0 Å². The molecule has 1 aliphatic rings. The molecular weight excluding hydrogens is 198 g/mol. The number of ether oxygens (including phenoxy) is 1. The molecule has 1 aliphatic carbocycles. The number of hydrogen-bond acceptors (Lipinski definition) is 2. The summed E-state index contributed by atoms with van der Waals surface area (Å²) in [7, 11) is 1.80. The van der Waals surface area contributed by atoms with Crippen LogP contribution in [0.5, 0.6) is 0 Å². The van der Waals surface area contributed by atoms with Crippen molar-refractivity contribution in [2.24, 2.45) is 11.8 Å². The van der Waals surface area contributed by atoms with Crippen molar-refractivity contribution < 1.29 is 4.74 Å². The van der Waals surface area contributed by atoms with Gasteiger partial charge in [0, 0.05) is 19.8 Å². The first-order valence-corrected chi connectivity index (χ1v) is 7.04. The van der Waals surface area contributed by atoms with E-state index in [9.17, 15) is 0 Å². The molecule has 0 spiro atoms. The lowest BCUT2D eigenvalue weighted by Crippen LogP contribution is -2.39. The predicted molar refractivity (Wildman–Crippen MR) is 69.7 cm³/mol. The van der Waals surface area contributed by atoms with Crippen LogP contribution in [0.15, 0.2) is 0 Å². The molecule has 0 aromatic heterocycles. The van der Waals surface area contributed by atoms with Gasteiger partial charge in [0.05, 0.1) is 0 Å². The molecule has 3 unspecified atom stereocenters. The van der Waals surface area contributed by atoms with Crippen molar-refractivity contribution in [2.75, 3.05) is 20.3 Å². The Bertz CT molecular complexity index is 170. The van der Waals surface area contributed by atoms with Gasteiger partial charge < -0.3 is 10.1 Å². The fourth-order valence-corrected chi connectivity index (χ4v) is 3.08. The van der Waals surface area contributed by atoms with Gasteiger partial charge in [-0.1, -0.05) is 33.1 Å². The van der Waals surface area contributed by atoms with Crippen molar-refractivity contribution in [3.8, 4) is 0 Å². The van der Waals surface area contributed by atoms with Crippen LogP contribution in [0.3, 0.4) is 0 Å². The second-order valence-electron chi connectivity index (χ2n) is 5.15. The molecule has 16 heavy (non-hydrogen) atoms. The Kier molecular flexibility index (Phi) is 7.06. The van der Waals surface area contributed by atoms with Crippen LogP contribution in [-0.4, -0.2) is 26.3 Å². The summed E-state index contributed by atoms with van der Waals surface area (Å²) < 4.78 is 5.22. The first kappa shape index (κ1) is 14.0. The average Bonchev–Trinajstić information content (AvgIpc) is 2.34. The second kappa shape index (κ2) is 8.08. The number of nitrogens with one attached hydrogen (secondary N) is 1. The number of methoxy groups -OCH3 is 1. The summed E-state index contributed by atoms with van der Waals surface area (Å²) in [6.07, 6.45) is 8.26. The lowest BCUT2D eigenvalue weighted by Gasteiger charge is -2.34. The minimum Gasteiger partial charge on any atom is -0.385 e. The summed E-state index contributed by atoms with van der Waals surface area (Å²) in [5.41, 5.74) is 0. The van der Waals surface area contributed by atoms with Gasteiger partial charge in [0.15, 0.2) is 0 Å². The lowest BCUT2D eigenvalue weighted by molar-refractivity contribution is 0.147. The van der Waals surface area contributed by atoms with Crippen molar-refractivity contribution >= 4 is 0 Å². The second-order valence-corrected chi connectivity index (χ2v) is 5.15. The van der Waals surface area contributed by atoms with Gasteiger partial charge in [-0.3, -0.25) is 0 Å². The fourth-order valence-electron chi connectivity index (χ4n) is 3.08. The first-order chi connectivity index (χ1) is 7.81. The van der Waals surface area contributed by atoms with Gasteiger partial charge in [-0.05, 0) is 37.6 Å². The largest absolute Gasteiger partial charge is 0.385 e. The molecule has 1 rings (SSSR count). The third kappa shape index (κ3) is 4.42. The molecule has 1 saturated carbocycles. The van der Waals surface area contributed by atoms with E-state index in [-0.39, 0.29) is 0 Å². The van der Waals surface area contributed by atoms with E-state index in [4.69, 9.17) is 4.74 Å². The highest BCUT2D eigenvalue weighted by molar-refractivity contribution is 4.82. The minimum absolute atomic E-state index is 0.680. The highest BCUT2D eigenvalue weighted by Gasteiger charge is 2.26. The minimum atomic E-state index is 0.680. The zero-order chi connectivity index (χ0) is 11.8. The zero-order valence-electron chi connectivity index (χ0n) is 11.3. The van der Waals surface area contributed by atoms with Gasteiger partial charge >= 0.3 is 0 Å². The van der Waals surface area contributed by atoms with E-state index in [1.165, 1.54) is 38.5 Å². The molecule has 2 heteroatoms. The Morgan fingerprint density at radius 2 is 2.12 bits per heavy atom. The van der Waals surface area contributed by atoms with Crippen LogP contribution in [0.1, 0.15) is 52.4 Å². The maximum Gasteiger partial charge on any atom is 0.0477 e. The van der Waals surface area contributed by atoms with Crippen LogP contribution in [0.4, 0.5) is 0 Å². The van der Waals surface area contributed by atoms with E-state index >= 15 is 0 Å². The topological polar surface area (TPSA) is 21.3 Å². The van der Waals surface area contributed by atoms with Crippen LogP contribution in [0, 0.1) is 11.8 Å². The molecule has 2 nitrogen and oxygen atoms in total. The Balaban J connectivity index is 2.41. The lowest BCUT2D eigenvalue weighted by atomic mass is 9.76. The standard InChI is InChI=1S/C14H29NO/c1-4-12-7-6-8-13(11-12)14(15-5-2)9-10-16-3/h12-15H,4-11H2,1-3H3. The van der Waals surface area contributed by atoms with Crippen LogP contribution in [-0.2, 0) is 4.74 Å². The van der Waals surface area contributed by atoms with E-state index in [1.807, 2.05) is 0 Å². The van der Waals surface area contributed by atoms with Crippen LogP contribution in [0.2, 0.25) is 0 Å². The van der Waals surface area contributed by atoms with E-state index in [1.54, 1.807) is 7.11 Å². The van der Waals surface area contributed by atoms with Crippen molar-refractivity contribution in [3.05, 3.63) is 0 Å². The smallest absolute Gasteiger partial charge is 0.0477 e. The number of rotatable bonds is 7. The maximum absolute atomic E-state index is 5.22. The molecule has 0 radical (unpaired) electrons. The van der Waals surface area contributed by atoms with Crippen LogP contribution >= 0.6 is 0 Å². The predicted octanol–water partition coefficient (Wildman–Crippen LogP) is 3.22. The summed E-state index contributed by atoms with van der Waals surface area (Å²) >= 11 is 0. The van der Waals surface area contributed by atoms with Crippen LogP contribution in [0.25, 0.3) is 0 Å². The summed E-state index contributed by atoms with van der Waals surface area (Å²) in [6.45, 7) is 6.52. The van der Waals surface area contributed by atoms with Gasteiger partial charge in [0.25, 0.3) is 0 Å². The highest BCUT2D eigenvalue weighted by Crippen LogP contribution is 2.33. The molecular formula is C14H29NO. The molecule has 0 aliphatic heterocycles. The summed E-state index contributed by atoms with van der Waals surface area (Å²) in [4.78, 5) is 0. The fraction of sp³-hybridized carbons (Fsp3) is 1.00. The van der Waals surface area contributed by atoms with Crippen LogP contribution < -0.4 is 5.32 Å². The van der Waals surface area contributed by atoms with E-state index in [0.29, 0.717) is 6.04 Å². The van der Waals surface area contributed by atoms with Gasteiger partial charge in [-0.2, -0.15) is 0 Å². The maximum atomic E-state index is 5.22. The van der Waals surface area contributed by atoms with E-state index in [2.05, 4.69) is 19.2 Å².